The second kappa shape index (κ2) is 11.5. The van der Waals surface area contributed by atoms with E-state index in [1.54, 1.807) is 0 Å². The zero-order valence-corrected chi connectivity index (χ0v) is 25.8. The van der Waals surface area contributed by atoms with E-state index in [4.69, 9.17) is 0 Å². The first-order chi connectivity index (χ1) is 21.5. The Balaban J connectivity index is 1.45. The molecule has 1 unspecified atom stereocenters. The number of aryl methyl sites for hydroxylation is 2. The highest BCUT2D eigenvalue weighted by atomic mass is 14.7. The van der Waals surface area contributed by atoms with Crippen molar-refractivity contribution in [1.29, 1.82) is 0 Å². The van der Waals surface area contributed by atoms with Gasteiger partial charge in [-0.3, -0.25) is 9.97 Å². The Morgan fingerprint density at radius 2 is 1.09 bits per heavy atom. The molecule has 0 bridgehead atoms. The van der Waals surface area contributed by atoms with E-state index in [9.17, 15) is 0 Å². The number of fused-ring (bicyclic) bond motifs is 2. The number of hydrogen-bond acceptors (Lipinski definition) is 2. The van der Waals surface area contributed by atoms with Gasteiger partial charge in [-0.2, -0.15) is 0 Å². The molecule has 0 amide bonds. The Bertz CT molecular complexity index is 2110. The minimum absolute atomic E-state index is 0.487. The summed E-state index contributed by atoms with van der Waals surface area (Å²) in [6.07, 6.45) is 6.91. The molecule has 0 spiro atoms. The van der Waals surface area contributed by atoms with Gasteiger partial charge in [0.05, 0.1) is 0 Å². The zero-order chi connectivity index (χ0) is 30.2. The number of benzene rings is 5. The molecule has 0 aliphatic rings. The predicted octanol–water partition coefficient (Wildman–Crippen LogP) is 11.6. The smallest absolute Gasteiger partial charge is 0.0373 e. The van der Waals surface area contributed by atoms with Crippen LogP contribution in [0.4, 0.5) is 0 Å². The molecule has 0 radical (unpaired) electrons. The average Bonchev–Trinajstić information content (AvgIpc) is 3.07. The maximum absolute atomic E-state index is 4.51. The molecule has 1 atom stereocenters. The summed E-state index contributed by atoms with van der Waals surface area (Å²) in [6.45, 7) is 8.71. The highest BCUT2D eigenvalue weighted by Crippen LogP contribution is 2.45. The zero-order valence-electron chi connectivity index (χ0n) is 25.8. The highest BCUT2D eigenvalue weighted by molar-refractivity contribution is 6.21. The third-order valence-corrected chi connectivity index (χ3v) is 9.03. The van der Waals surface area contributed by atoms with Crippen molar-refractivity contribution in [2.75, 3.05) is 0 Å². The van der Waals surface area contributed by atoms with Crippen molar-refractivity contribution in [1.82, 2.24) is 9.97 Å². The molecule has 7 rings (SSSR count). The molecule has 0 fully saturated rings. The van der Waals surface area contributed by atoms with Crippen LogP contribution in [0.25, 0.3) is 66.1 Å². The molecule has 214 valence electrons. The van der Waals surface area contributed by atoms with Crippen LogP contribution in [0.5, 0.6) is 0 Å². The minimum Gasteiger partial charge on any atom is -0.264 e. The second-order valence-electron chi connectivity index (χ2n) is 12.0. The maximum Gasteiger partial charge on any atom is 0.0373 e. The fourth-order valence-electron chi connectivity index (χ4n) is 6.37. The molecule has 0 aliphatic heterocycles. The van der Waals surface area contributed by atoms with Crippen molar-refractivity contribution in [2.24, 2.45) is 0 Å². The van der Waals surface area contributed by atoms with Crippen molar-refractivity contribution < 1.29 is 0 Å². The van der Waals surface area contributed by atoms with Gasteiger partial charge in [0.2, 0.25) is 0 Å². The van der Waals surface area contributed by atoms with E-state index in [1.807, 2.05) is 25.5 Å². The molecular weight excluding hydrogens is 532 g/mol. The lowest BCUT2D eigenvalue weighted by molar-refractivity contribution is 0.735. The van der Waals surface area contributed by atoms with E-state index in [1.165, 1.54) is 66.1 Å². The van der Waals surface area contributed by atoms with Crippen LogP contribution in [0.1, 0.15) is 43.0 Å². The third kappa shape index (κ3) is 5.07. The van der Waals surface area contributed by atoms with E-state index in [0.29, 0.717) is 5.92 Å². The fourth-order valence-corrected chi connectivity index (χ4v) is 6.37. The Morgan fingerprint density at radius 1 is 0.523 bits per heavy atom. The Labute approximate surface area is 260 Å². The molecule has 0 saturated carbocycles. The van der Waals surface area contributed by atoms with Gasteiger partial charge in [-0.05, 0) is 104 Å². The highest BCUT2D eigenvalue weighted by Gasteiger charge is 2.18. The number of hydrogen-bond donors (Lipinski definition) is 0. The van der Waals surface area contributed by atoms with Crippen LogP contribution in [0.15, 0.2) is 128 Å². The van der Waals surface area contributed by atoms with Crippen molar-refractivity contribution in [3.63, 3.8) is 0 Å². The van der Waals surface area contributed by atoms with Crippen molar-refractivity contribution >= 4 is 21.5 Å². The van der Waals surface area contributed by atoms with Gasteiger partial charge in [0.25, 0.3) is 0 Å². The first-order valence-corrected chi connectivity index (χ1v) is 15.5. The summed E-state index contributed by atoms with van der Waals surface area (Å²) in [4.78, 5) is 8.93. The van der Waals surface area contributed by atoms with E-state index in [-0.39, 0.29) is 0 Å². The van der Waals surface area contributed by atoms with Gasteiger partial charge in [0, 0.05) is 35.4 Å². The van der Waals surface area contributed by atoms with Crippen LogP contribution < -0.4 is 0 Å². The molecule has 0 aliphatic carbocycles. The Hall–Kier alpha value is -5.08. The standard InChI is InChI=1S/C42H36N2/c1-5-28(3)34-20-21-39-40(23-34)42(33-18-14-31(15-19-33)36-22-27(2)24-43-25-36)38-9-7-6-8-37(38)41(39)32-16-12-30(13-17-32)35-11-10-29(4)44-26-35/h6-26,28H,5H2,1-4H3. The van der Waals surface area contributed by atoms with Gasteiger partial charge >= 0.3 is 0 Å². The van der Waals surface area contributed by atoms with Gasteiger partial charge in [-0.15, -0.1) is 0 Å². The van der Waals surface area contributed by atoms with Crippen molar-refractivity contribution in [3.05, 3.63) is 145 Å². The van der Waals surface area contributed by atoms with Gasteiger partial charge in [-0.1, -0.05) is 111 Å². The molecule has 0 N–H and O–H groups in total. The topological polar surface area (TPSA) is 25.8 Å². The largest absolute Gasteiger partial charge is 0.264 e. The molecule has 2 nitrogen and oxygen atoms in total. The third-order valence-electron chi connectivity index (χ3n) is 9.03. The summed E-state index contributed by atoms with van der Waals surface area (Å²) in [5, 5.41) is 5.12. The van der Waals surface area contributed by atoms with E-state index < -0.39 is 0 Å². The number of rotatable bonds is 6. The van der Waals surface area contributed by atoms with Crippen molar-refractivity contribution in [2.45, 2.75) is 40.0 Å². The summed E-state index contributed by atoms with van der Waals surface area (Å²) in [5.41, 5.74) is 13.2. The van der Waals surface area contributed by atoms with E-state index in [2.05, 4.69) is 140 Å². The second-order valence-corrected chi connectivity index (χ2v) is 12.0. The molecule has 2 heteroatoms. The predicted molar refractivity (Wildman–Crippen MR) is 187 cm³/mol. The lowest BCUT2D eigenvalue weighted by atomic mass is 9.83. The number of nitrogens with zero attached hydrogens (tertiary/aromatic N) is 2. The van der Waals surface area contributed by atoms with E-state index >= 15 is 0 Å². The Kier molecular flexibility index (Phi) is 7.28. The molecule has 2 heterocycles. The molecule has 7 aromatic rings. The molecule has 0 saturated heterocycles. The van der Waals surface area contributed by atoms with Crippen LogP contribution in [0, 0.1) is 13.8 Å². The average molecular weight is 569 g/mol. The molecule has 5 aromatic carbocycles. The molecular formula is C42H36N2. The monoisotopic (exact) mass is 568 g/mol. The van der Waals surface area contributed by atoms with Gasteiger partial charge in [0.1, 0.15) is 0 Å². The van der Waals surface area contributed by atoms with Crippen molar-refractivity contribution in [3.8, 4) is 44.5 Å². The summed E-state index contributed by atoms with van der Waals surface area (Å²) in [7, 11) is 0. The SMILES string of the molecule is CCC(C)c1ccc2c(-c3ccc(-c4ccc(C)nc4)cc3)c3ccccc3c(-c3ccc(-c4cncc(C)c4)cc3)c2c1. The summed E-state index contributed by atoms with van der Waals surface area (Å²) in [5.74, 6) is 0.487. The minimum atomic E-state index is 0.487. The lowest BCUT2D eigenvalue weighted by Crippen LogP contribution is -1.95. The fraction of sp³-hybridized carbons (Fsp3) is 0.143. The maximum atomic E-state index is 4.51. The number of pyridine rings is 2. The van der Waals surface area contributed by atoms with Crippen LogP contribution in [0.2, 0.25) is 0 Å². The first kappa shape index (κ1) is 27.7. The summed E-state index contributed by atoms with van der Waals surface area (Å²) < 4.78 is 0. The Morgan fingerprint density at radius 3 is 1.68 bits per heavy atom. The van der Waals surface area contributed by atoms with E-state index in [0.717, 1.165) is 23.2 Å². The lowest BCUT2D eigenvalue weighted by Gasteiger charge is -2.20. The molecule has 2 aromatic heterocycles. The normalized spacial score (nSPS) is 12.1. The van der Waals surface area contributed by atoms with Gasteiger partial charge in [0.15, 0.2) is 0 Å². The van der Waals surface area contributed by atoms with Crippen LogP contribution in [0.3, 0.4) is 0 Å². The van der Waals surface area contributed by atoms with Gasteiger partial charge in [-0.25, -0.2) is 0 Å². The van der Waals surface area contributed by atoms with Crippen LogP contribution in [-0.4, -0.2) is 9.97 Å². The number of aromatic nitrogens is 2. The quantitative estimate of drug-likeness (QED) is 0.186. The summed E-state index contributed by atoms with van der Waals surface area (Å²) >= 11 is 0. The van der Waals surface area contributed by atoms with Crippen LogP contribution in [-0.2, 0) is 0 Å². The molecule has 44 heavy (non-hydrogen) atoms. The summed E-state index contributed by atoms with van der Waals surface area (Å²) in [6, 6.07) is 40.4. The first-order valence-electron chi connectivity index (χ1n) is 15.5. The van der Waals surface area contributed by atoms with Gasteiger partial charge < -0.3 is 0 Å². The van der Waals surface area contributed by atoms with Crippen LogP contribution >= 0.6 is 0 Å².